The van der Waals surface area contributed by atoms with Gasteiger partial charge in [0.1, 0.15) is 11.6 Å². The quantitative estimate of drug-likeness (QED) is 0.269. The van der Waals surface area contributed by atoms with Crippen molar-refractivity contribution in [2.75, 3.05) is 18.0 Å². The zero-order chi connectivity index (χ0) is 22.5. The van der Waals surface area contributed by atoms with Crippen LogP contribution in [0.15, 0.2) is 76.5 Å². The first-order valence-electron chi connectivity index (χ1n) is 11.1. The van der Waals surface area contributed by atoms with Crippen LogP contribution >= 0.6 is 11.8 Å². The van der Waals surface area contributed by atoms with Gasteiger partial charge in [0.05, 0.1) is 5.75 Å². The van der Waals surface area contributed by atoms with E-state index in [0.29, 0.717) is 34.1 Å². The maximum absolute atomic E-state index is 13.4. The van der Waals surface area contributed by atoms with Crippen LogP contribution in [0.5, 0.6) is 0 Å². The van der Waals surface area contributed by atoms with Crippen molar-refractivity contribution >= 4 is 17.6 Å². The highest BCUT2D eigenvalue weighted by molar-refractivity contribution is 7.98. The first kappa shape index (κ1) is 21.6. The summed E-state index contributed by atoms with van der Waals surface area (Å²) < 4.78 is 18.7. The summed E-state index contributed by atoms with van der Waals surface area (Å²) in [6.07, 6.45) is 5.26. The highest BCUT2D eigenvalue weighted by Gasteiger charge is 2.21. The van der Waals surface area contributed by atoms with E-state index < -0.39 is 0 Å². The molecule has 2 aromatic carbocycles. The zero-order valence-corrected chi connectivity index (χ0v) is 18.9. The van der Waals surface area contributed by atoms with Crippen LogP contribution in [0.3, 0.4) is 0 Å². The van der Waals surface area contributed by atoms with Crippen LogP contribution in [0.4, 0.5) is 10.2 Å². The van der Waals surface area contributed by atoms with Crippen molar-refractivity contribution in [1.82, 2.24) is 20.1 Å². The minimum Gasteiger partial charge on any atom is -0.356 e. The van der Waals surface area contributed by atoms with Crippen LogP contribution < -0.4 is 4.90 Å². The molecule has 1 saturated heterocycles. The molecule has 5 rings (SSSR count). The van der Waals surface area contributed by atoms with Crippen LogP contribution in [0.25, 0.3) is 11.4 Å². The average molecular weight is 462 g/mol. The van der Waals surface area contributed by atoms with Gasteiger partial charge in [-0.2, -0.15) is 4.98 Å². The van der Waals surface area contributed by atoms with Crippen LogP contribution in [-0.4, -0.2) is 33.2 Å². The summed E-state index contributed by atoms with van der Waals surface area (Å²) in [4.78, 5) is 15.8. The Morgan fingerprint density at radius 3 is 2.67 bits per heavy atom. The molecular weight excluding hydrogens is 437 g/mol. The molecule has 0 radical (unpaired) electrons. The highest BCUT2D eigenvalue weighted by Crippen LogP contribution is 2.27. The minimum atomic E-state index is -0.331. The minimum absolute atomic E-state index is 0.331. The normalized spacial score (nSPS) is 14.5. The highest BCUT2D eigenvalue weighted by atomic mass is 32.2. The van der Waals surface area contributed by atoms with Crippen LogP contribution in [0.1, 0.15) is 24.3 Å². The molecule has 0 spiro atoms. The summed E-state index contributed by atoms with van der Waals surface area (Å²) in [7, 11) is 0. The number of piperidine rings is 1. The Kier molecular flexibility index (Phi) is 6.62. The summed E-state index contributed by atoms with van der Waals surface area (Å²) in [5.41, 5.74) is 2.00. The smallest absolute Gasteiger partial charge is 0.237 e. The molecule has 1 aliphatic rings. The van der Waals surface area contributed by atoms with Gasteiger partial charge in [-0.05, 0) is 48.9 Å². The molecule has 0 saturated carbocycles. The predicted octanol–water partition coefficient (Wildman–Crippen LogP) is 5.42. The molecule has 1 aliphatic heterocycles. The molecule has 0 atom stereocenters. The van der Waals surface area contributed by atoms with E-state index in [1.54, 1.807) is 18.3 Å². The third-order valence-corrected chi connectivity index (χ3v) is 6.65. The number of nitrogens with zero attached hydrogens (tertiary/aromatic N) is 5. The van der Waals surface area contributed by atoms with E-state index >= 15 is 0 Å². The Hall–Kier alpha value is -3.26. The van der Waals surface area contributed by atoms with Gasteiger partial charge < -0.3 is 9.42 Å². The average Bonchev–Trinajstić information content (AvgIpc) is 3.33. The summed E-state index contributed by atoms with van der Waals surface area (Å²) in [6.45, 7) is 2.00. The van der Waals surface area contributed by atoms with E-state index in [-0.39, 0.29) is 5.82 Å². The molecule has 4 aromatic rings. The van der Waals surface area contributed by atoms with Crippen LogP contribution in [-0.2, 0) is 12.2 Å². The van der Waals surface area contributed by atoms with Gasteiger partial charge >= 0.3 is 0 Å². The van der Waals surface area contributed by atoms with E-state index in [9.17, 15) is 4.39 Å². The number of hydrogen-bond donors (Lipinski definition) is 0. The van der Waals surface area contributed by atoms with Gasteiger partial charge in [-0.3, -0.25) is 0 Å². The lowest BCUT2D eigenvalue weighted by Gasteiger charge is -2.33. The topological polar surface area (TPSA) is 67.9 Å². The molecular formula is C25H24FN5OS. The molecule has 0 bridgehead atoms. The fourth-order valence-corrected chi connectivity index (χ4v) is 4.74. The van der Waals surface area contributed by atoms with Crippen molar-refractivity contribution < 1.29 is 8.91 Å². The third kappa shape index (κ3) is 5.57. The largest absolute Gasteiger partial charge is 0.356 e. The Morgan fingerprint density at radius 1 is 1.00 bits per heavy atom. The second-order valence-electron chi connectivity index (χ2n) is 8.13. The monoisotopic (exact) mass is 461 g/mol. The lowest BCUT2D eigenvalue weighted by Crippen LogP contribution is -2.34. The van der Waals surface area contributed by atoms with Crippen LogP contribution in [0.2, 0.25) is 0 Å². The first-order valence-corrected chi connectivity index (χ1v) is 12.0. The fraction of sp³-hybridized carbons (Fsp3) is 0.280. The number of anilines is 1. The van der Waals surface area contributed by atoms with Crippen molar-refractivity contribution in [3.8, 4) is 11.4 Å². The number of thioether (sulfide) groups is 1. The summed E-state index contributed by atoms with van der Waals surface area (Å²) in [5.74, 6) is 2.61. The number of rotatable bonds is 7. The van der Waals surface area contributed by atoms with Gasteiger partial charge in [0.15, 0.2) is 5.16 Å². The Balaban J connectivity index is 1.16. The van der Waals surface area contributed by atoms with E-state index in [1.807, 2.05) is 6.07 Å². The predicted molar refractivity (Wildman–Crippen MR) is 126 cm³/mol. The summed E-state index contributed by atoms with van der Waals surface area (Å²) in [5, 5.41) is 4.62. The molecule has 6 nitrogen and oxygen atoms in total. The van der Waals surface area contributed by atoms with Crippen molar-refractivity contribution in [3.63, 3.8) is 0 Å². The van der Waals surface area contributed by atoms with Gasteiger partial charge in [0, 0.05) is 24.8 Å². The van der Waals surface area contributed by atoms with Crippen molar-refractivity contribution in [2.24, 2.45) is 5.92 Å². The maximum atomic E-state index is 13.4. The molecule has 0 amide bonds. The molecule has 33 heavy (non-hydrogen) atoms. The van der Waals surface area contributed by atoms with E-state index in [1.165, 1.54) is 29.5 Å². The summed E-state index contributed by atoms with van der Waals surface area (Å²) >= 11 is 1.45. The second-order valence-corrected chi connectivity index (χ2v) is 9.07. The van der Waals surface area contributed by atoms with E-state index in [0.717, 1.165) is 38.2 Å². The molecule has 2 aromatic heterocycles. The maximum Gasteiger partial charge on any atom is 0.237 e. The Morgan fingerprint density at radius 2 is 1.85 bits per heavy atom. The second kappa shape index (κ2) is 10.1. The summed E-state index contributed by atoms with van der Waals surface area (Å²) in [6, 6.07) is 18.8. The molecule has 168 valence electrons. The van der Waals surface area contributed by atoms with Gasteiger partial charge in [-0.15, -0.1) is 0 Å². The molecule has 0 unspecified atom stereocenters. The number of aromatic nitrogens is 4. The number of hydrogen-bond acceptors (Lipinski definition) is 7. The van der Waals surface area contributed by atoms with Crippen molar-refractivity contribution in [1.29, 1.82) is 0 Å². The SMILES string of the molecule is Fc1cccc(-c2noc(CSc3nccc(N4CCC(Cc5ccccc5)CC4)n3)n2)c1. The van der Waals surface area contributed by atoms with Gasteiger partial charge in [-0.1, -0.05) is 59.4 Å². The molecule has 1 fully saturated rings. The van der Waals surface area contributed by atoms with Crippen LogP contribution in [0, 0.1) is 11.7 Å². The van der Waals surface area contributed by atoms with Gasteiger partial charge in [0.2, 0.25) is 11.7 Å². The van der Waals surface area contributed by atoms with Crippen molar-refractivity contribution in [3.05, 3.63) is 84.1 Å². The lowest BCUT2D eigenvalue weighted by atomic mass is 9.90. The third-order valence-electron chi connectivity index (χ3n) is 5.80. The fourth-order valence-electron chi connectivity index (χ4n) is 4.08. The Bertz CT molecular complexity index is 1190. The Labute approximate surface area is 196 Å². The molecule has 0 aliphatic carbocycles. The molecule has 8 heteroatoms. The standard InChI is InChI=1S/C25H24FN5OS/c26-21-8-4-7-20(16-21)24-29-23(32-30-24)17-33-25-27-12-9-22(28-25)31-13-10-19(11-14-31)15-18-5-2-1-3-6-18/h1-9,12,16,19H,10-11,13-15,17H2. The number of halogens is 1. The van der Waals surface area contributed by atoms with Gasteiger partial charge in [-0.25, -0.2) is 14.4 Å². The lowest BCUT2D eigenvalue weighted by molar-refractivity contribution is 0.391. The van der Waals surface area contributed by atoms with Crippen molar-refractivity contribution in [2.45, 2.75) is 30.2 Å². The molecule has 3 heterocycles. The van der Waals surface area contributed by atoms with E-state index in [4.69, 9.17) is 9.51 Å². The number of benzene rings is 2. The zero-order valence-electron chi connectivity index (χ0n) is 18.1. The molecule has 0 N–H and O–H groups in total. The van der Waals surface area contributed by atoms with E-state index in [2.05, 4.69) is 50.4 Å². The first-order chi connectivity index (χ1) is 16.2. The van der Waals surface area contributed by atoms with Gasteiger partial charge in [0.25, 0.3) is 0 Å².